The minimum atomic E-state index is 1.13. The van der Waals surface area contributed by atoms with Gasteiger partial charge in [-0.3, -0.25) is 0 Å². The summed E-state index contributed by atoms with van der Waals surface area (Å²) >= 11 is 0. The van der Waals surface area contributed by atoms with Crippen molar-refractivity contribution in [3.8, 4) is 11.1 Å². The molecule has 0 unspecified atom stereocenters. The molecule has 0 saturated carbocycles. The van der Waals surface area contributed by atoms with E-state index in [9.17, 15) is 0 Å². The lowest BCUT2D eigenvalue weighted by molar-refractivity contribution is 1.55. The van der Waals surface area contributed by atoms with Crippen molar-refractivity contribution in [2.24, 2.45) is 0 Å². The molecule has 67 valence electrons. The first-order chi connectivity index (χ1) is 6.84. The topological polar surface area (TPSA) is 0 Å². The van der Waals surface area contributed by atoms with Crippen LogP contribution in [0.2, 0.25) is 0 Å². The lowest BCUT2D eigenvalue weighted by atomic mass is 10.1. The second-order valence-electron chi connectivity index (χ2n) is 3.82. The molecule has 0 aliphatic heterocycles. The third-order valence-corrected chi connectivity index (χ3v) is 3.39. The Bertz CT molecular complexity index is 500. The summed E-state index contributed by atoms with van der Waals surface area (Å²) in [6, 6.07) is 15.4. The standard InChI is InChI=1S/C13H11Si/c14-11-6-5-10-7-9-3-1-2-4-12(9)13(10)8-11/h1-8H,14H3. The van der Waals surface area contributed by atoms with Crippen LogP contribution in [0.5, 0.6) is 0 Å². The Morgan fingerprint density at radius 3 is 2.50 bits per heavy atom. The summed E-state index contributed by atoms with van der Waals surface area (Å²) in [4.78, 5) is 0. The molecule has 1 radical (unpaired) electrons. The van der Waals surface area contributed by atoms with Gasteiger partial charge in [0.1, 0.15) is 0 Å². The van der Waals surface area contributed by atoms with Crippen molar-refractivity contribution in [3.63, 3.8) is 0 Å². The van der Waals surface area contributed by atoms with Crippen molar-refractivity contribution in [1.29, 1.82) is 0 Å². The molecular formula is C13H11Si. The van der Waals surface area contributed by atoms with Gasteiger partial charge in [0.25, 0.3) is 0 Å². The fourth-order valence-corrected chi connectivity index (χ4v) is 2.52. The predicted molar refractivity (Wildman–Crippen MR) is 64.0 cm³/mol. The summed E-state index contributed by atoms with van der Waals surface area (Å²) in [7, 11) is 1.13. The van der Waals surface area contributed by atoms with Crippen LogP contribution in [-0.2, 0) is 0 Å². The minimum Gasteiger partial charge on any atom is -0.0701 e. The Balaban J connectivity index is 2.30. The van der Waals surface area contributed by atoms with Crippen molar-refractivity contribution in [2.45, 2.75) is 0 Å². The summed E-state index contributed by atoms with van der Waals surface area (Å²) in [5.74, 6) is 0. The Morgan fingerprint density at radius 2 is 1.57 bits per heavy atom. The van der Waals surface area contributed by atoms with E-state index in [2.05, 4.69) is 48.9 Å². The molecule has 0 saturated heterocycles. The van der Waals surface area contributed by atoms with Crippen LogP contribution < -0.4 is 5.19 Å². The van der Waals surface area contributed by atoms with Gasteiger partial charge >= 0.3 is 0 Å². The average Bonchev–Trinajstić information content (AvgIpc) is 2.56. The van der Waals surface area contributed by atoms with E-state index in [4.69, 9.17) is 0 Å². The Labute approximate surface area is 87.0 Å². The van der Waals surface area contributed by atoms with Gasteiger partial charge < -0.3 is 0 Å². The van der Waals surface area contributed by atoms with Crippen LogP contribution in [0.25, 0.3) is 11.1 Å². The molecule has 3 rings (SSSR count). The highest BCUT2D eigenvalue weighted by molar-refractivity contribution is 6.32. The Kier molecular flexibility index (Phi) is 1.61. The van der Waals surface area contributed by atoms with Crippen LogP contribution in [0.15, 0.2) is 42.5 Å². The van der Waals surface area contributed by atoms with Crippen LogP contribution in [0.3, 0.4) is 0 Å². The number of benzene rings is 2. The maximum atomic E-state index is 2.32. The molecule has 1 aliphatic carbocycles. The Morgan fingerprint density at radius 1 is 0.786 bits per heavy atom. The zero-order valence-corrected chi connectivity index (χ0v) is 10.1. The summed E-state index contributed by atoms with van der Waals surface area (Å²) in [6.07, 6.45) is 2.27. The van der Waals surface area contributed by atoms with Crippen molar-refractivity contribution in [2.75, 3.05) is 0 Å². The van der Waals surface area contributed by atoms with Gasteiger partial charge in [0.15, 0.2) is 0 Å². The molecule has 1 heteroatoms. The fraction of sp³-hybridized carbons (Fsp3) is 0. The van der Waals surface area contributed by atoms with Crippen LogP contribution >= 0.6 is 0 Å². The van der Waals surface area contributed by atoms with Gasteiger partial charge in [0, 0.05) is 16.7 Å². The van der Waals surface area contributed by atoms with Crippen molar-refractivity contribution in [1.82, 2.24) is 0 Å². The van der Waals surface area contributed by atoms with Crippen LogP contribution in [0.4, 0.5) is 0 Å². The van der Waals surface area contributed by atoms with Gasteiger partial charge in [-0.2, -0.15) is 0 Å². The summed E-state index contributed by atoms with van der Waals surface area (Å²) in [6.45, 7) is 0. The van der Waals surface area contributed by atoms with E-state index in [-0.39, 0.29) is 0 Å². The maximum Gasteiger partial charge on any atom is 0.0385 e. The third kappa shape index (κ3) is 1.06. The molecule has 0 N–H and O–H groups in total. The lowest BCUT2D eigenvalue weighted by Crippen LogP contribution is -2.01. The van der Waals surface area contributed by atoms with Gasteiger partial charge in [-0.1, -0.05) is 47.7 Å². The monoisotopic (exact) mass is 195 g/mol. The zero-order valence-electron chi connectivity index (χ0n) is 8.12. The van der Waals surface area contributed by atoms with Crippen LogP contribution in [0.1, 0.15) is 11.1 Å². The Hall–Kier alpha value is -1.34. The van der Waals surface area contributed by atoms with Gasteiger partial charge in [0.05, 0.1) is 0 Å². The molecule has 0 spiro atoms. The van der Waals surface area contributed by atoms with E-state index < -0.39 is 0 Å². The zero-order chi connectivity index (χ0) is 9.54. The fourth-order valence-electron chi connectivity index (χ4n) is 2.06. The first-order valence-corrected chi connectivity index (χ1v) is 5.89. The van der Waals surface area contributed by atoms with E-state index in [0.717, 1.165) is 10.2 Å². The lowest BCUT2D eigenvalue weighted by Gasteiger charge is -2.01. The molecule has 0 bridgehead atoms. The molecule has 2 aromatic carbocycles. The quantitative estimate of drug-likeness (QED) is 0.474. The second-order valence-corrected chi connectivity index (χ2v) is 4.98. The number of hydrogen-bond acceptors (Lipinski definition) is 0. The molecule has 14 heavy (non-hydrogen) atoms. The third-order valence-electron chi connectivity index (χ3n) is 2.77. The molecule has 0 atom stereocenters. The molecule has 2 aromatic rings. The molecule has 0 nitrogen and oxygen atoms in total. The molecular weight excluding hydrogens is 184 g/mol. The highest BCUT2D eigenvalue weighted by atomic mass is 28.1. The van der Waals surface area contributed by atoms with E-state index in [0.29, 0.717) is 0 Å². The van der Waals surface area contributed by atoms with Crippen LogP contribution in [0, 0.1) is 6.42 Å². The normalized spacial score (nSPS) is 12.6. The summed E-state index contributed by atoms with van der Waals surface area (Å²) in [5, 5.41) is 1.47. The van der Waals surface area contributed by atoms with Crippen LogP contribution in [-0.4, -0.2) is 10.2 Å². The smallest absolute Gasteiger partial charge is 0.0385 e. The molecule has 1 aliphatic rings. The van der Waals surface area contributed by atoms with E-state index in [1.807, 2.05) is 0 Å². The van der Waals surface area contributed by atoms with Crippen molar-refractivity contribution in [3.05, 3.63) is 60.0 Å². The molecule has 0 aromatic heterocycles. The largest absolute Gasteiger partial charge is 0.0701 e. The van der Waals surface area contributed by atoms with Crippen molar-refractivity contribution < 1.29 is 0 Å². The summed E-state index contributed by atoms with van der Waals surface area (Å²) < 4.78 is 0. The highest BCUT2D eigenvalue weighted by Gasteiger charge is 2.17. The van der Waals surface area contributed by atoms with Gasteiger partial charge in [-0.05, 0) is 22.3 Å². The van der Waals surface area contributed by atoms with Gasteiger partial charge in [-0.25, -0.2) is 0 Å². The first kappa shape index (κ1) is 8.01. The minimum absolute atomic E-state index is 1.13. The van der Waals surface area contributed by atoms with E-state index in [1.54, 1.807) is 0 Å². The highest BCUT2D eigenvalue weighted by Crippen LogP contribution is 2.36. The average molecular weight is 195 g/mol. The second kappa shape index (κ2) is 2.82. The van der Waals surface area contributed by atoms with Crippen molar-refractivity contribution >= 4 is 15.4 Å². The number of hydrogen-bond donors (Lipinski definition) is 0. The summed E-state index contributed by atoms with van der Waals surface area (Å²) in [5.41, 5.74) is 5.52. The van der Waals surface area contributed by atoms with E-state index in [1.165, 1.54) is 27.4 Å². The molecule has 0 heterocycles. The number of rotatable bonds is 0. The van der Waals surface area contributed by atoms with Gasteiger partial charge in [0.2, 0.25) is 0 Å². The molecule has 0 amide bonds. The maximum absolute atomic E-state index is 2.32. The predicted octanol–water partition coefficient (Wildman–Crippen LogP) is 1.26. The first-order valence-electron chi connectivity index (χ1n) is 4.89. The van der Waals surface area contributed by atoms with Gasteiger partial charge in [-0.15, -0.1) is 0 Å². The number of fused-ring (bicyclic) bond motifs is 3. The molecule has 0 fully saturated rings. The SMILES string of the molecule is [SiH3]c1ccc2c(c1)-c1ccccc1[CH]2. The van der Waals surface area contributed by atoms with E-state index >= 15 is 0 Å².